The Labute approximate surface area is 164 Å². The van der Waals surface area contributed by atoms with E-state index >= 15 is 0 Å². The van der Waals surface area contributed by atoms with E-state index in [1.807, 2.05) is 36.4 Å². The summed E-state index contributed by atoms with van der Waals surface area (Å²) in [7, 11) is 0. The molecule has 0 aromatic heterocycles. The molecule has 1 N–H and O–H groups in total. The van der Waals surface area contributed by atoms with Crippen LogP contribution in [0.4, 0.5) is 0 Å². The van der Waals surface area contributed by atoms with Gasteiger partial charge in [0.15, 0.2) is 0 Å². The molecule has 142 valence electrons. The van der Waals surface area contributed by atoms with Gasteiger partial charge in [0.25, 0.3) is 0 Å². The fraction of sp³-hybridized carbons (Fsp3) is 0.440. The van der Waals surface area contributed by atoms with Gasteiger partial charge in [0, 0.05) is 6.42 Å². The molecule has 0 aliphatic heterocycles. The third-order valence-corrected chi connectivity index (χ3v) is 5.46. The maximum Gasteiger partial charge on any atom is 0.127 e. The van der Waals surface area contributed by atoms with Crippen molar-refractivity contribution in [2.24, 2.45) is 0 Å². The first-order valence-corrected chi connectivity index (χ1v) is 10.3. The summed E-state index contributed by atoms with van der Waals surface area (Å²) in [5, 5.41) is 11.5. The van der Waals surface area contributed by atoms with E-state index in [9.17, 15) is 5.11 Å². The Hall–Kier alpha value is -2.08. The molecule has 27 heavy (non-hydrogen) atoms. The maximum absolute atomic E-state index is 11.5. The highest BCUT2D eigenvalue weighted by atomic mass is 16.3. The van der Waals surface area contributed by atoms with Crippen molar-refractivity contribution in [1.29, 1.82) is 0 Å². The van der Waals surface area contributed by atoms with Gasteiger partial charge in [-0.2, -0.15) is 0 Å². The minimum Gasteiger partial charge on any atom is -0.379 e. The molecule has 3 rings (SSSR count). The van der Waals surface area contributed by atoms with Gasteiger partial charge in [-0.3, -0.25) is 4.90 Å². The monoisotopic (exact) mass is 361 g/mol. The van der Waals surface area contributed by atoms with Crippen LogP contribution in [0.15, 0.2) is 48.5 Å². The molecule has 0 radical (unpaired) electrons. The Kier molecular flexibility index (Phi) is 6.72. The predicted octanol–water partition coefficient (Wildman–Crippen LogP) is 5.20. The normalized spacial score (nSPS) is 13.8. The van der Waals surface area contributed by atoms with Crippen LogP contribution in [0.3, 0.4) is 0 Å². The van der Waals surface area contributed by atoms with E-state index in [-0.39, 0.29) is 0 Å². The molecule has 0 fully saturated rings. The van der Waals surface area contributed by atoms with Gasteiger partial charge in [-0.1, -0.05) is 87.1 Å². The first-order chi connectivity index (χ1) is 13.2. The second-order valence-corrected chi connectivity index (χ2v) is 7.47. The van der Waals surface area contributed by atoms with Crippen LogP contribution in [0.1, 0.15) is 57.1 Å². The lowest BCUT2D eigenvalue weighted by Crippen LogP contribution is -2.27. The van der Waals surface area contributed by atoms with Gasteiger partial charge >= 0.3 is 0 Å². The van der Waals surface area contributed by atoms with E-state index in [1.54, 1.807) is 0 Å². The molecule has 0 heterocycles. The average Bonchev–Trinajstić information content (AvgIpc) is 2.96. The first kappa shape index (κ1) is 19.7. The summed E-state index contributed by atoms with van der Waals surface area (Å²) in [5.74, 6) is 6.62. The summed E-state index contributed by atoms with van der Waals surface area (Å²) in [4.78, 5) is 2.45. The van der Waals surface area contributed by atoms with Crippen LogP contribution >= 0.6 is 0 Å². The van der Waals surface area contributed by atoms with Crippen molar-refractivity contribution >= 4 is 0 Å². The minimum absolute atomic E-state index is 0.441. The first-order valence-electron chi connectivity index (χ1n) is 10.3. The average molecular weight is 362 g/mol. The highest BCUT2D eigenvalue weighted by molar-refractivity contribution is 5.80. The third-order valence-electron chi connectivity index (χ3n) is 5.46. The molecule has 2 aromatic carbocycles. The lowest BCUT2D eigenvalue weighted by molar-refractivity contribution is 0.0914. The molecule has 0 spiro atoms. The summed E-state index contributed by atoms with van der Waals surface area (Å²) < 4.78 is 0. The van der Waals surface area contributed by atoms with Crippen LogP contribution < -0.4 is 0 Å². The predicted molar refractivity (Wildman–Crippen MR) is 114 cm³/mol. The standard InChI is InChI=1S/C25H31NO/c1-3-5-18-26(19-6-4-2)20-12-11-17-25(27)23-15-9-7-13-21(23)22-14-8-10-16-24(22)25/h7-10,13-16,27H,3-6,17-20H2,1-2H3. The number of unbranched alkanes of at least 4 members (excludes halogenated alkanes) is 2. The van der Waals surface area contributed by atoms with Crippen LogP contribution in [-0.2, 0) is 5.60 Å². The largest absolute Gasteiger partial charge is 0.379 e. The fourth-order valence-electron chi connectivity index (χ4n) is 3.88. The van der Waals surface area contributed by atoms with Crippen molar-refractivity contribution in [3.05, 3.63) is 59.7 Å². The molecule has 1 aliphatic carbocycles. The SMILES string of the molecule is CCCCN(CC#CCC1(O)c2ccccc2-c2ccccc21)CCCC. The second-order valence-electron chi connectivity index (χ2n) is 7.47. The number of hydrogen-bond acceptors (Lipinski definition) is 2. The molecule has 1 aliphatic rings. The van der Waals surface area contributed by atoms with Gasteiger partial charge < -0.3 is 5.11 Å². The van der Waals surface area contributed by atoms with Gasteiger partial charge in [0.2, 0.25) is 0 Å². The number of hydrogen-bond donors (Lipinski definition) is 1. The Bertz CT molecular complexity index is 761. The molecular weight excluding hydrogens is 330 g/mol. The Morgan fingerprint density at radius 1 is 0.815 bits per heavy atom. The smallest absolute Gasteiger partial charge is 0.127 e. The van der Waals surface area contributed by atoms with E-state index in [4.69, 9.17) is 0 Å². The Morgan fingerprint density at radius 2 is 1.33 bits per heavy atom. The van der Waals surface area contributed by atoms with Crippen molar-refractivity contribution in [1.82, 2.24) is 4.90 Å². The number of rotatable bonds is 8. The zero-order valence-electron chi connectivity index (χ0n) is 16.7. The Balaban J connectivity index is 1.75. The van der Waals surface area contributed by atoms with Crippen LogP contribution in [0, 0.1) is 11.8 Å². The molecule has 0 saturated heterocycles. The van der Waals surface area contributed by atoms with Crippen molar-refractivity contribution in [3.8, 4) is 23.0 Å². The van der Waals surface area contributed by atoms with E-state index in [1.165, 1.54) is 25.7 Å². The fourth-order valence-corrected chi connectivity index (χ4v) is 3.88. The molecule has 0 bridgehead atoms. The third kappa shape index (κ3) is 4.26. The summed E-state index contributed by atoms with van der Waals surface area (Å²) in [5.41, 5.74) is 3.22. The topological polar surface area (TPSA) is 23.5 Å². The molecule has 0 saturated carbocycles. The summed E-state index contributed by atoms with van der Waals surface area (Å²) in [6.07, 6.45) is 5.30. The highest BCUT2D eigenvalue weighted by Crippen LogP contribution is 2.48. The molecule has 0 unspecified atom stereocenters. The molecule has 2 aromatic rings. The summed E-state index contributed by atoms with van der Waals surface area (Å²) in [6, 6.07) is 16.3. The van der Waals surface area contributed by atoms with Crippen molar-refractivity contribution in [2.75, 3.05) is 19.6 Å². The summed E-state index contributed by atoms with van der Waals surface area (Å²) >= 11 is 0. The molecule has 0 atom stereocenters. The van der Waals surface area contributed by atoms with Crippen molar-refractivity contribution in [3.63, 3.8) is 0 Å². The Morgan fingerprint density at radius 3 is 1.85 bits per heavy atom. The summed E-state index contributed by atoms with van der Waals surface area (Å²) in [6.45, 7) is 7.48. The van der Waals surface area contributed by atoms with E-state index < -0.39 is 5.60 Å². The number of benzene rings is 2. The number of fused-ring (bicyclic) bond motifs is 3. The van der Waals surface area contributed by atoms with Crippen LogP contribution in [-0.4, -0.2) is 29.6 Å². The van der Waals surface area contributed by atoms with Gasteiger partial charge in [-0.25, -0.2) is 0 Å². The highest BCUT2D eigenvalue weighted by Gasteiger charge is 2.40. The zero-order chi connectivity index (χ0) is 19.1. The molecule has 2 nitrogen and oxygen atoms in total. The molecular formula is C25H31NO. The second kappa shape index (κ2) is 9.22. The van der Waals surface area contributed by atoms with Crippen molar-refractivity contribution in [2.45, 2.75) is 51.6 Å². The van der Waals surface area contributed by atoms with Gasteiger partial charge in [-0.15, -0.1) is 0 Å². The number of nitrogens with zero attached hydrogens (tertiary/aromatic N) is 1. The minimum atomic E-state index is -1.00. The van der Waals surface area contributed by atoms with Crippen molar-refractivity contribution < 1.29 is 5.11 Å². The number of aliphatic hydroxyl groups is 1. The maximum atomic E-state index is 11.5. The van der Waals surface area contributed by atoms with Crippen LogP contribution in [0.2, 0.25) is 0 Å². The molecule has 2 heteroatoms. The van der Waals surface area contributed by atoms with Crippen LogP contribution in [0.25, 0.3) is 11.1 Å². The lowest BCUT2D eigenvalue weighted by atomic mass is 9.88. The van der Waals surface area contributed by atoms with E-state index in [0.29, 0.717) is 6.42 Å². The van der Waals surface area contributed by atoms with Gasteiger partial charge in [0.1, 0.15) is 5.60 Å². The van der Waals surface area contributed by atoms with E-state index in [0.717, 1.165) is 41.9 Å². The van der Waals surface area contributed by atoms with Gasteiger partial charge in [0.05, 0.1) is 6.54 Å². The van der Waals surface area contributed by atoms with Gasteiger partial charge in [-0.05, 0) is 48.2 Å². The molecule has 0 amide bonds. The lowest BCUT2D eigenvalue weighted by Gasteiger charge is -2.23. The quantitative estimate of drug-likeness (QED) is 0.653. The zero-order valence-corrected chi connectivity index (χ0v) is 16.7. The van der Waals surface area contributed by atoms with E-state index in [2.05, 4.69) is 42.7 Å². The van der Waals surface area contributed by atoms with Crippen LogP contribution in [0.5, 0.6) is 0 Å².